The molecule has 0 bridgehead atoms. The molecule has 1 amide bonds. The summed E-state index contributed by atoms with van der Waals surface area (Å²) in [5.41, 5.74) is -1.61. The van der Waals surface area contributed by atoms with Gasteiger partial charge in [0.05, 0.1) is 5.41 Å². The average molecular weight is 403 g/mol. The number of aromatic nitrogens is 2. The van der Waals surface area contributed by atoms with E-state index in [-0.39, 0.29) is 5.82 Å². The third kappa shape index (κ3) is 3.98. The molecule has 1 aromatic heterocycles. The molecule has 0 aliphatic heterocycles. The van der Waals surface area contributed by atoms with Crippen LogP contribution in [0.1, 0.15) is 31.2 Å². The Kier molecular flexibility index (Phi) is 5.67. The van der Waals surface area contributed by atoms with Crippen LogP contribution in [0.3, 0.4) is 0 Å². The fourth-order valence-corrected chi connectivity index (χ4v) is 3.68. The maximum absolute atomic E-state index is 13.7. The van der Waals surface area contributed by atoms with E-state index < -0.39 is 41.0 Å². The standard InChI is InChI=1S/C20H22FN3O5/c1-23-15(11-17(26)24(2)19(23)28)22-16(25)12-29-18(27)20(8-3-4-9-20)13-6-5-7-14(21)10-13/h5-7,10-11H,3-4,8-9,12H2,1-2H3,(H,22,25). The lowest BCUT2D eigenvalue weighted by Gasteiger charge is -2.27. The van der Waals surface area contributed by atoms with E-state index in [0.29, 0.717) is 18.4 Å². The zero-order valence-corrected chi connectivity index (χ0v) is 16.2. The molecule has 0 radical (unpaired) electrons. The maximum atomic E-state index is 13.7. The lowest BCUT2D eigenvalue weighted by molar-refractivity contribution is -0.153. The molecule has 9 heteroatoms. The second-order valence-electron chi connectivity index (χ2n) is 7.19. The van der Waals surface area contributed by atoms with Crippen molar-refractivity contribution >= 4 is 17.7 Å². The smallest absolute Gasteiger partial charge is 0.332 e. The van der Waals surface area contributed by atoms with Gasteiger partial charge in [-0.15, -0.1) is 0 Å². The highest BCUT2D eigenvalue weighted by Gasteiger charge is 2.44. The van der Waals surface area contributed by atoms with Crippen molar-refractivity contribution in [3.63, 3.8) is 0 Å². The summed E-state index contributed by atoms with van der Waals surface area (Å²) in [6.07, 6.45) is 2.63. The average Bonchev–Trinajstić information content (AvgIpc) is 3.20. The minimum Gasteiger partial charge on any atom is -0.455 e. The van der Waals surface area contributed by atoms with Gasteiger partial charge in [0.2, 0.25) is 0 Å². The van der Waals surface area contributed by atoms with Crippen LogP contribution in [0.15, 0.2) is 39.9 Å². The van der Waals surface area contributed by atoms with E-state index in [0.717, 1.165) is 28.0 Å². The van der Waals surface area contributed by atoms with Crippen molar-refractivity contribution in [2.45, 2.75) is 31.1 Å². The largest absolute Gasteiger partial charge is 0.455 e. The monoisotopic (exact) mass is 403 g/mol. The Morgan fingerprint density at radius 1 is 1.14 bits per heavy atom. The molecule has 29 heavy (non-hydrogen) atoms. The van der Waals surface area contributed by atoms with Gasteiger partial charge in [0, 0.05) is 20.2 Å². The van der Waals surface area contributed by atoms with Gasteiger partial charge in [-0.3, -0.25) is 23.5 Å². The first kappa shape index (κ1) is 20.5. The van der Waals surface area contributed by atoms with E-state index >= 15 is 0 Å². The van der Waals surface area contributed by atoms with Gasteiger partial charge < -0.3 is 10.1 Å². The van der Waals surface area contributed by atoms with Crippen LogP contribution in [-0.2, 0) is 33.8 Å². The second kappa shape index (κ2) is 8.02. The van der Waals surface area contributed by atoms with Gasteiger partial charge in [-0.2, -0.15) is 0 Å². The number of esters is 1. The molecule has 0 spiro atoms. The third-order valence-electron chi connectivity index (χ3n) is 5.35. The van der Waals surface area contributed by atoms with Gasteiger partial charge in [-0.25, -0.2) is 9.18 Å². The highest BCUT2D eigenvalue weighted by Crippen LogP contribution is 2.42. The summed E-state index contributed by atoms with van der Waals surface area (Å²) >= 11 is 0. The number of anilines is 1. The number of hydrogen-bond donors (Lipinski definition) is 1. The van der Waals surface area contributed by atoms with Crippen molar-refractivity contribution < 1.29 is 18.7 Å². The van der Waals surface area contributed by atoms with Gasteiger partial charge >= 0.3 is 11.7 Å². The van der Waals surface area contributed by atoms with Crippen LogP contribution in [0.25, 0.3) is 0 Å². The Bertz CT molecular complexity index is 1070. The number of hydrogen-bond acceptors (Lipinski definition) is 5. The normalized spacial score (nSPS) is 15.1. The number of ether oxygens (including phenoxy) is 1. The number of rotatable bonds is 5. The van der Waals surface area contributed by atoms with E-state index in [1.807, 2.05) is 0 Å². The van der Waals surface area contributed by atoms with Crippen LogP contribution >= 0.6 is 0 Å². The summed E-state index contributed by atoms with van der Waals surface area (Å²) in [7, 11) is 2.73. The second-order valence-corrected chi connectivity index (χ2v) is 7.19. The molecular formula is C20H22FN3O5. The number of carbonyl (C=O) groups is 2. The summed E-state index contributed by atoms with van der Waals surface area (Å²) in [6.45, 7) is -0.584. The molecule has 3 rings (SSSR count). The van der Waals surface area contributed by atoms with Gasteiger partial charge in [-0.1, -0.05) is 25.0 Å². The van der Waals surface area contributed by atoms with Crippen LogP contribution < -0.4 is 16.6 Å². The molecule has 2 aromatic rings. The molecule has 1 saturated carbocycles. The SMILES string of the molecule is Cn1c(NC(=O)COC(=O)C2(c3cccc(F)c3)CCCC2)cc(=O)n(C)c1=O. The van der Waals surface area contributed by atoms with Gasteiger partial charge in [-0.05, 0) is 30.5 Å². The highest BCUT2D eigenvalue weighted by molar-refractivity contribution is 5.93. The van der Waals surface area contributed by atoms with E-state index in [4.69, 9.17) is 4.74 Å². The summed E-state index contributed by atoms with van der Waals surface area (Å²) in [6, 6.07) is 6.96. The molecular weight excluding hydrogens is 381 g/mol. The molecule has 1 aliphatic carbocycles. The van der Waals surface area contributed by atoms with Crippen LogP contribution in [0, 0.1) is 5.82 Å². The van der Waals surface area contributed by atoms with Crippen LogP contribution in [0.2, 0.25) is 0 Å². The molecule has 0 unspecified atom stereocenters. The Morgan fingerprint density at radius 3 is 2.48 bits per heavy atom. The zero-order valence-electron chi connectivity index (χ0n) is 16.2. The molecule has 1 aromatic carbocycles. The Morgan fingerprint density at radius 2 is 1.83 bits per heavy atom. The Balaban J connectivity index is 1.72. The fraction of sp³-hybridized carbons (Fsp3) is 0.400. The topological polar surface area (TPSA) is 99.4 Å². The highest BCUT2D eigenvalue weighted by atomic mass is 19.1. The van der Waals surface area contributed by atoms with Crippen LogP contribution in [-0.4, -0.2) is 27.6 Å². The summed E-state index contributed by atoms with van der Waals surface area (Å²) < 4.78 is 20.9. The molecule has 0 saturated heterocycles. The molecule has 1 N–H and O–H groups in total. The van der Waals surface area contributed by atoms with Gasteiger partial charge in [0.1, 0.15) is 11.6 Å². The van der Waals surface area contributed by atoms with Crippen molar-refractivity contribution in [1.29, 1.82) is 0 Å². The first-order chi connectivity index (χ1) is 13.7. The first-order valence-electron chi connectivity index (χ1n) is 9.25. The van der Waals surface area contributed by atoms with Crippen LogP contribution in [0.5, 0.6) is 0 Å². The number of carbonyl (C=O) groups excluding carboxylic acids is 2. The number of benzene rings is 1. The fourth-order valence-electron chi connectivity index (χ4n) is 3.68. The van der Waals surface area contributed by atoms with Gasteiger partial charge in [0.15, 0.2) is 6.61 Å². The minimum absolute atomic E-state index is 0.000130. The third-order valence-corrected chi connectivity index (χ3v) is 5.35. The van der Waals surface area contributed by atoms with Crippen molar-refractivity contribution in [2.75, 3.05) is 11.9 Å². The summed E-state index contributed by atoms with van der Waals surface area (Å²) in [5, 5.41) is 2.40. The predicted octanol–water partition coefficient (Wildman–Crippen LogP) is 1.22. The zero-order chi connectivity index (χ0) is 21.2. The van der Waals surface area contributed by atoms with Crippen molar-refractivity contribution in [1.82, 2.24) is 9.13 Å². The number of halogens is 1. The lowest BCUT2D eigenvalue weighted by atomic mass is 9.79. The van der Waals surface area contributed by atoms with E-state index in [1.54, 1.807) is 12.1 Å². The van der Waals surface area contributed by atoms with Crippen molar-refractivity contribution in [3.8, 4) is 0 Å². The van der Waals surface area contributed by atoms with Crippen molar-refractivity contribution in [2.24, 2.45) is 14.1 Å². The van der Waals surface area contributed by atoms with E-state index in [9.17, 15) is 23.6 Å². The number of nitrogens with zero attached hydrogens (tertiary/aromatic N) is 2. The quantitative estimate of drug-likeness (QED) is 0.757. The predicted molar refractivity (Wildman–Crippen MR) is 103 cm³/mol. The Labute approximate surface area is 165 Å². The van der Waals surface area contributed by atoms with E-state index in [1.165, 1.54) is 26.2 Å². The lowest BCUT2D eigenvalue weighted by Crippen LogP contribution is -2.39. The summed E-state index contributed by atoms with van der Waals surface area (Å²) in [4.78, 5) is 48.7. The molecule has 8 nitrogen and oxygen atoms in total. The van der Waals surface area contributed by atoms with Gasteiger partial charge in [0.25, 0.3) is 11.5 Å². The molecule has 1 aliphatic rings. The first-order valence-corrected chi connectivity index (χ1v) is 9.25. The Hall–Kier alpha value is -3.23. The molecule has 0 atom stereocenters. The van der Waals surface area contributed by atoms with Crippen molar-refractivity contribution in [3.05, 3.63) is 62.6 Å². The molecule has 1 heterocycles. The minimum atomic E-state index is -0.974. The maximum Gasteiger partial charge on any atom is 0.332 e. The molecule has 154 valence electrons. The summed E-state index contributed by atoms with van der Waals surface area (Å²) in [5.74, 6) is -1.71. The number of amides is 1. The van der Waals surface area contributed by atoms with E-state index in [2.05, 4.69) is 5.32 Å². The molecule has 1 fully saturated rings. The van der Waals surface area contributed by atoms with Crippen LogP contribution in [0.4, 0.5) is 10.2 Å². The number of nitrogens with one attached hydrogen (secondary N) is 1.